The normalized spacial score (nSPS) is 18.6. The van der Waals surface area contributed by atoms with Crippen molar-refractivity contribution in [2.24, 2.45) is 0 Å². The number of hydrogen-bond donors (Lipinski definition) is 0. The van der Waals surface area contributed by atoms with E-state index in [2.05, 4.69) is 10.2 Å². The van der Waals surface area contributed by atoms with Gasteiger partial charge in [-0.1, -0.05) is 30.3 Å². The standard InChI is InChI=1S/C17H23N3O3S/c1-2-20-16(12-14-8-4-3-5-9-14)18-19-17(20)24(21,22)13-15-10-6-7-11-23-15/h3-5,8-9,15H,2,6-7,10-13H2,1H3/t15-/m1/s1. The zero-order valence-corrected chi connectivity index (χ0v) is 14.7. The predicted molar refractivity (Wildman–Crippen MR) is 90.6 cm³/mol. The van der Waals surface area contributed by atoms with Gasteiger partial charge in [0.15, 0.2) is 0 Å². The predicted octanol–water partition coefficient (Wildman–Crippen LogP) is 2.23. The van der Waals surface area contributed by atoms with Crippen LogP contribution in [0.2, 0.25) is 0 Å². The van der Waals surface area contributed by atoms with E-state index < -0.39 is 9.84 Å². The van der Waals surface area contributed by atoms with Crippen LogP contribution in [-0.2, 0) is 27.5 Å². The van der Waals surface area contributed by atoms with Gasteiger partial charge in [0.2, 0.25) is 15.0 Å². The first-order valence-electron chi connectivity index (χ1n) is 8.40. The van der Waals surface area contributed by atoms with E-state index in [9.17, 15) is 8.42 Å². The van der Waals surface area contributed by atoms with Crippen LogP contribution >= 0.6 is 0 Å². The summed E-state index contributed by atoms with van der Waals surface area (Å²) in [5, 5.41) is 8.18. The molecule has 0 bridgehead atoms. The molecule has 24 heavy (non-hydrogen) atoms. The van der Waals surface area contributed by atoms with E-state index >= 15 is 0 Å². The molecule has 0 N–H and O–H groups in total. The minimum Gasteiger partial charge on any atom is -0.377 e. The Bertz CT molecular complexity index is 766. The van der Waals surface area contributed by atoms with Crippen molar-refractivity contribution in [1.82, 2.24) is 14.8 Å². The summed E-state index contributed by atoms with van der Waals surface area (Å²) in [4.78, 5) is 0. The number of nitrogens with zero attached hydrogens (tertiary/aromatic N) is 3. The molecule has 0 radical (unpaired) electrons. The number of rotatable bonds is 6. The van der Waals surface area contributed by atoms with Gasteiger partial charge in [0.1, 0.15) is 5.82 Å². The summed E-state index contributed by atoms with van der Waals surface area (Å²) < 4.78 is 32.8. The second-order valence-corrected chi connectivity index (χ2v) is 8.00. The molecular weight excluding hydrogens is 326 g/mol. The van der Waals surface area contributed by atoms with Crippen molar-refractivity contribution in [3.05, 3.63) is 41.7 Å². The Morgan fingerprint density at radius 2 is 2.00 bits per heavy atom. The molecule has 0 aliphatic carbocycles. The first kappa shape index (κ1) is 17.1. The number of aromatic nitrogens is 3. The SMILES string of the molecule is CCn1c(Cc2ccccc2)nnc1S(=O)(=O)C[C@H]1CCCCO1. The van der Waals surface area contributed by atoms with E-state index in [-0.39, 0.29) is 17.0 Å². The van der Waals surface area contributed by atoms with Crippen molar-refractivity contribution < 1.29 is 13.2 Å². The lowest BCUT2D eigenvalue weighted by molar-refractivity contribution is 0.0304. The molecule has 1 aliphatic rings. The molecule has 7 heteroatoms. The van der Waals surface area contributed by atoms with Crippen molar-refractivity contribution in [1.29, 1.82) is 0 Å². The van der Waals surface area contributed by atoms with Gasteiger partial charge in [-0.05, 0) is 31.7 Å². The molecule has 2 heterocycles. The van der Waals surface area contributed by atoms with Crippen LogP contribution in [0.5, 0.6) is 0 Å². The average Bonchev–Trinajstić information content (AvgIpc) is 3.00. The Balaban J connectivity index is 1.82. The first-order chi connectivity index (χ1) is 11.6. The highest BCUT2D eigenvalue weighted by Gasteiger charge is 2.29. The largest absolute Gasteiger partial charge is 0.377 e. The molecular formula is C17H23N3O3S. The summed E-state index contributed by atoms with van der Waals surface area (Å²) in [5.41, 5.74) is 1.08. The Morgan fingerprint density at radius 3 is 2.67 bits per heavy atom. The lowest BCUT2D eigenvalue weighted by atomic mass is 10.1. The molecule has 1 fully saturated rings. The quantitative estimate of drug-likeness (QED) is 0.799. The Labute approximate surface area is 142 Å². The molecule has 130 valence electrons. The third kappa shape index (κ3) is 3.84. The maximum atomic E-state index is 12.7. The van der Waals surface area contributed by atoms with E-state index in [1.165, 1.54) is 0 Å². The third-order valence-corrected chi connectivity index (χ3v) is 5.94. The van der Waals surface area contributed by atoms with E-state index in [1.54, 1.807) is 4.57 Å². The molecule has 2 aromatic rings. The lowest BCUT2D eigenvalue weighted by Gasteiger charge is -2.22. The van der Waals surface area contributed by atoms with E-state index in [0.29, 0.717) is 25.4 Å². The summed E-state index contributed by atoms with van der Waals surface area (Å²) in [7, 11) is -3.51. The van der Waals surface area contributed by atoms with Crippen molar-refractivity contribution in [2.75, 3.05) is 12.4 Å². The highest BCUT2D eigenvalue weighted by Crippen LogP contribution is 2.19. The third-order valence-electron chi connectivity index (χ3n) is 4.27. The zero-order chi connectivity index (χ0) is 17.0. The van der Waals surface area contributed by atoms with Crippen molar-refractivity contribution in [3.63, 3.8) is 0 Å². The average molecular weight is 349 g/mol. The number of sulfone groups is 1. The molecule has 0 spiro atoms. The summed E-state index contributed by atoms with van der Waals surface area (Å²) in [6.07, 6.45) is 3.14. The minimum absolute atomic E-state index is 0.0174. The van der Waals surface area contributed by atoms with E-state index in [0.717, 1.165) is 24.8 Å². The van der Waals surface area contributed by atoms with Crippen LogP contribution in [0.25, 0.3) is 0 Å². The molecule has 6 nitrogen and oxygen atoms in total. The van der Waals surface area contributed by atoms with Crippen LogP contribution in [0.4, 0.5) is 0 Å². The van der Waals surface area contributed by atoms with Crippen LogP contribution in [0, 0.1) is 0 Å². The molecule has 1 aromatic carbocycles. The summed E-state index contributed by atoms with van der Waals surface area (Å²) in [6, 6.07) is 9.87. The van der Waals surface area contributed by atoms with Gasteiger partial charge in [-0.25, -0.2) is 8.42 Å². The van der Waals surface area contributed by atoms with Crippen LogP contribution in [-0.4, -0.2) is 41.6 Å². The van der Waals surface area contributed by atoms with Crippen LogP contribution in [0.3, 0.4) is 0 Å². The highest BCUT2D eigenvalue weighted by molar-refractivity contribution is 7.91. The van der Waals surface area contributed by atoms with Crippen molar-refractivity contribution in [3.8, 4) is 0 Å². The molecule has 1 saturated heterocycles. The van der Waals surface area contributed by atoms with Gasteiger partial charge in [0, 0.05) is 19.6 Å². The second-order valence-electron chi connectivity index (χ2n) is 6.08. The van der Waals surface area contributed by atoms with Crippen LogP contribution in [0.1, 0.15) is 37.6 Å². The number of hydrogen-bond acceptors (Lipinski definition) is 5. The van der Waals surface area contributed by atoms with Gasteiger partial charge >= 0.3 is 0 Å². The molecule has 3 rings (SSSR count). The smallest absolute Gasteiger partial charge is 0.249 e. The minimum atomic E-state index is -3.51. The van der Waals surface area contributed by atoms with Gasteiger partial charge in [0.05, 0.1) is 11.9 Å². The van der Waals surface area contributed by atoms with Gasteiger partial charge in [-0.15, -0.1) is 10.2 Å². The lowest BCUT2D eigenvalue weighted by Crippen LogP contribution is -2.29. The van der Waals surface area contributed by atoms with Crippen molar-refractivity contribution >= 4 is 9.84 Å². The van der Waals surface area contributed by atoms with Gasteiger partial charge in [-0.3, -0.25) is 0 Å². The molecule has 1 atom stereocenters. The Kier molecular flexibility index (Phi) is 5.30. The Hall–Kier alpha value is -1.73. The molecule has 1 aromatic heterocycles. The van der Waals surface area contributed by atoms with E-state index in [1.807, 2.05) is 37.3 Å². The van der Waals surface area contributed by atoms with E-state index in [4.69, 9.17) is 4.74 Å². The second kappa shape index (κ2) is 7.44. The first-order valence-corrected chi connectivity index (χ1v) is 10.1. The maximum absolute atomic E-state index is 12.7. The molecule has 1 aliphatic heterocycles. The van der Waals surface area contributed by atoms with Gasteiger partial charge < -0.3 is 9.30 Å². The summed E-state index contributed by atoms with van der Waals surface area (Å²) in [5.74, 6) is 0.656. The highest BCUT2D eigenvalue weighted by atomic mass is 32.2. The zero-order valence-electron chi connectivity index (χ0n) is 13.9. The monoisotopic (exact) mass is 349 g/mol. The van der Waals surface area contributed by atoms with Gasteiger partial charge in [-0.2, -0.15) is 0 Å². The molecule has 0 amide bonds. The van der Waals surface area contributed by atoms with Crippen LogP contribution < -0.4 is 0 Å². The fourth-order valence-electron chi connectivity index (χ4n) is 3.03. The van der Waals surface area contributed by atoms with Crippen molar-refractivity contribution in [2.45, 2.75) is 50.4 Å². The van der Waals surface area contributed by atoms with Gasteiger partial charge in [0.25, 0.3) is 0 Å². The fourth-order valence-corrected chi connectivity index (χ4v) is 4.67. The topological polar surface area (TPSA) is 74.1 Å². The maximum Gasteiger partial charge on any atom is 0.249 e. The Morgan fingerprint density at radius 1 is 1.21 bits per heavy atom. The van der Waals surface area contributed by atoms with Crippen LogP contribution in [0.15, 0.2) is 35.5 Å². The number of ether oxygens (including phenoxy) is 1. The summed E-state index contributed by atoms with van der Waals surface area (Å²) >= 11 is 0. The fraction of sp³-hybridized carbons (Fsp3) is 0.529. The summed E-state index contributed by atoms with van der Waals surface area (Å²) in [6.45, 7) is 3.07. The number of benzene rings is 1. The molecule has 0 saturated carbocycles. The molecule has 0 unspecified atom stereocenters.